The van der Waals surface area contributed by atoms with E-state index in [9.17, 15) is 22.8 Å². The Morgan fingerprint density at radius 1 is 1.23 bits per heavy atom. The molecule has 3 heterocycles. The molecule has 10 heteroatoms. The van der Waals surface area contributed by atoms with E-state index in [0.29, 0.717) is 12.0 Å². The molecule has 7 nitrogen and oxygen atoms in total. The van der Waals surface area contributed by atoms with Crippen LogP contribution in [0.4, 0.5) is 13.2 Å². The summed E-state index contributed by atoms with van der Waals surface area (Å²) in [6.45, 7) is 1.40. The number of hydrogen-bond donors (Lipinski definition) is 1. The Hall–Kier alpha value is -3.17. The fourth-order valence-electron chi connectivity index (χ4n) is 2.34. The molecule has 0 aromatic carbocycles. The van der Waals surface area contributed by atoms with E-state index in [2.05, 4.69) is 15.0 Å². The standard InChI is InChI=1S/C16H12F3N3O4/c1-2-8-6-11(23)26-14-12(8)13(24)21-15(22-14)25-7-9-4-3-5-10(20-9)16(17,18)19/h3-6H,2,7H2,1H3,(H,21,22,24). The van der Waals surface area contributed by atoms with Gasteiger partial charge >= 0.3 is 11.8 Å². The lowest BCUT2D eigenvalue weighted by atomic mass is 10.1. The third kappa shape index (κ3) is 3.58. The summed E-state index contributed by atoms with van der Waals surface area (Å²) in [4.78, 5) is 33.4. The predicted octanol–water partition coefficient (Wildman–Crippen LogP) is 2.43. The molecule has 136 valence electrons. The summed E-state index contributed by atoms with van der Waals surface area (Å²) >= 11 is 0. The zero-order valence-electron chi connectivity index (χ0n) is 13.4. The Labute approximate surface area is 143 Å². The van der Waals surface area contributed by atoms with Crippen LogP contribution in [-0.2, 0) is 19.2 Å². The SMILES string of the molecule is CCc1cc(=O)oc2nc(OCc3cccc(C(F)(F)F)n3)[nH]c(=O)c12. The second-order valence-corrected chi connectivity index (χ2v) is 5.30. The van der Waals surface area contributed by atoms with Gasteiger partial charge in [0.15, 0.2) is 0 Å². The van der Waals surface area contributed by atoms with Crippen LogP contribution in [0.25, 0.3) is 11.1 Å². The van der Waals surface area contributed by atoms with Gasteiger partial charge < -0.3 is 9.15 Å². The van der Waals surface area contributed by atoms with E-state index in [1.807, 2.05) is 0 Å². The highest BCUT2D eigenvalue weighted by Crippen LogP contribution is 2.27. The minimum absolute atomic E-state index is 0.00803. The van der Waals surface area contributed by atoms with Gasteiger partial charge in [-0.25, -0.2) is 9.78 Å². The van der Waals surface area contributed by atoms with Gasteiger partial charge in [0.25, 0.3) is 11.6 Å². The van der Waals surface area contributed by atoms with Crippen molar-refractivity contribution in [1.29, 1.82) is 0 Å². The molecule has 0 bridgehead atoms. The number of fused-ring (bicyclic) bond motifs is 1. The van der Waals surface area contributed by atoms with Crippen LogP contribution in [0.2, 0.25) is 0 Å². The van der Waals surface area contributed by atoms with Crippen LogP contribution in [0.3, 0.4) is 0 Å². The van der Waals surface area contributed by atoms with E-state index in [1.165, 1.54) is 18.2 Å². The fourth-order valence-corrected chi connectivity index (χ4v) is 2.34. The van der Waals surface area contributed by atoms with Crippen molar-refractivity contribution in [3.63, 3.8) is 0 Å². The number of aromatic nitrogens is 3. The fraction of sp³-hybridized carbons (Fsp3) is 0.250. The maximum atomic E-state index is 12.7. The van der Waals surface area contributed by atoms with Gasteiger partial charge in [-0.3, -0.25) is 9.78 Å². The highest BCUT2D eigenvalue weighted by Gasteiger charge is 2.32. The lowest BCUT2D eigenvalue weighted by molar-refractivity contribution is -0.141. The first-order chi connectivity index (χ1) is 12.3. The quantitative estimate of drug-likeness (QED) is 0.761. The van der Waals surface area contributed by atoms with Crippen LogP contribution in [0.5, 0.6) is 6.01 Å². The predicted molar refractivity (Wildman–Crippen MR) is 83.8 cm³/mol. The van der Waals surface area contributed by atoms with Gasteiger partial charge in [0.2, 0.25) is 5.71 Å². The van der Waals surface area contributed by atoms with Crippen molar-refractivity contribution in [1.82, 2.24) is 15.0 Å². The number of H-pyrrole nitrogens is 1. The van der Waals surface area contributed by atoms with Crippen molar-refractivity contribution in [3.05, 3.63) is 62.0 Å². The Balaban J connectivity index is 1.91. The number of nitrogens with one attached hydrogen (secondary N) is 1. The first kappa shape index (κ1) is 17.6. The molecule has 3 rings (SSSR count). The second kappa shape index (κ2) is 6.62. The third-order valence-corrected chi connectivity index (χ3v) is 3.51. The molecule has 0 atom stereocenters. The summed E-state index contributed by atoms with van der Waals surface area (Å²) in [5.41, 5.74) is -2.05. The highest BCUT2D eigenvalue weighted by molar-refractivity contribution is 5.75. The molecule has 3 aromatic heterocycles. The summed E-state index contributed by atoms with van der Waals surface area (Å²) in [5.74, 6) is 0. The maximum Gasteiger partial charge on any atom is 0.433 e. The number of aryl methyl sites for hydroxylation is 1. The van der Waals surface area contributed by atoms with Crippen molar-refractivity contribution in [2.45, 2.75) is 26.1 Å². The van der Waals surface area contributed by atoms with Crippen molar-refractivity contribution in [2.24, 2.45) is 0 Å². The first-order valence-corrected chi connectivity index (χ1v) is 7.51. The Kier molecular flexibility index (Phi) is 4.49. The van der Waals surface area contributed by atoms with Crippen LogP contribution < -0.4 is 15.9 Å². The zero-order chi connectivity index (χ0) is 18.9. The number of hydrogen-bond acceptors (Lipinski definition) is 6. The minimum Gasteiger partial charge on any atom is -0.458 e. The van der Waals surface area contributed by atoms with Gasteiger partial charge in [-0.15, -0.1) is 0 Å². The van der Waals surface area contributed by atoms with Crippen LogP contribution in [-0.4, -0.2) is 15.0 Å². The Morgan fingerprint density at radius 2 is 2.00 bits per heavy atom. The summed E-state index contributed by atoms with van der Waals surface area (Å²) < 4.78 is 48.1. The number of aromatic amines is 1. The van der Waals surface area contributed by atoms with Gasteiger partial charge in [0.1, 0.15) is 17.7 Å². The molecular formula is C16H12F3N3O4. The Bertz CT molecular complexity index is 1070. The monoisotopic (exact) mass is 367 g/mol. The topological polar surface area (TPSA) is 98.1 Å². The molecule has 0 amide bonds. The first-order valence-electron chi connectivity index (χ1n) is 7.51. The smallest absolute Gasteiger partial charge is 0.433 e. The summed E-state index contributed by atoms with van der Waals surface area (Å²) in [7, 11) is 0. The summed E-state index contributed by atoms with van der Waals surface area (Å²) in [6.07, 6.45) is -4.16. The van der Waals surface area contributed by atoms with Crippen LogP contribution in [0, 0.1) is 0 Å². The molecule has 26 heavy (non-hydrogen) atoms. The summed E-state index contributed by atoms with van der Waals surface area (Å²) in [5, 5.41) is 0.122. The Morgan fingerprint density at radius 3 is 2.69 bits per heavy atom. The molecule has 0 spiro atoms. The number of alkyl halides is 3. The van der Waals surface area contributed by atoms with Crippen LogP contribution >= 0.6 is 0 Å². The number of rotatable bonds is 4. The van der Waals surface area contributed by atoms with Crippen LogP contribution in [0.15, 0.2) is 38.3 Å². The normalized spacial score (nSPS) is 11.7. The lowest BCUT2D eigenvalue weighted by Gasteiger charge is -2.09. The number of nitrogens with zero attached hydrogens (tertiary/aromatic N) is 2. The molecule has 1 N–H and O–H groups in total. The van der Waals surface area contributed by atoms with Crippen molar-refractivity contribution in [2.75, 3.05) is 0 Å². The molecule has 0 aliphatic carbocycles. The highest BCUT2D eigenvalue weighted by atomic mass is 19.4. The van der Waals surface area contributed by atoms with E-state index in [0.717, 1.165) is 6.07 Å². The number of pyridine rings is 1. The molecule has 0 aliphatic heterocycles. The molecule has 3 aromatic rings. The molecule has 0 radical (unpaired) electrons. The van der Waals surface area contributed by atoms with Gasteiger partial charge in [0.05, 0.1) is 5.69 Å². The maximum absolute atomic E-state index is 12.7. The van der Waals surface area contributed by atoms with Gasteiger partial charge in [0, 0.05) is 6.07 Å². The second-order valence-electron chi connectivity index (χ2n) is 5.30. The van der Waals surface area contributed by atoms with Gasteiger partial charge in [-0.2, -0.15) is 18.2 Å². The van der Waals surface area contributed by atoms with Crippen LogP contribution in [0.1, 0.15) is 23.9 Å². The molecule has 0 aliphatic rings. The average molecular weight is 367 g/mol. The zero-order valence-corrected chi connectivity index (χ0v) is 13.4. The van der Waals surface area contributed by atoms with E-state index < -0.39 is 23.1 Å². The lowest BCUT2D eigenvalue weighted by Crippen LogP contribution is -2.15. The van der Waals surface area contributed by atoms with E-state index in [1.54, 1.807) is 6.92 Å². The van der Waals surface area contributed by atoms with Crippen molar-refractivity contribution in [3.8, 4) is 6.01 Å². The van der Waals surface area contributed by atoms with Crippen molar-refractivity contribution < 1.29 is 22.3 Å². The van der Waals surface area contributed by atoms with Gasteiger partial charge in [-0.05, 0) is 24.1 Å². The van der Waals surface area contributed by atoms with E-state index in [-0.39, 0.29) is 29.4 Å². The summed E-state index contributed by atoms with van der Waals surface area (Å²) in [6, 6.07) is 4.27. The molecular weight excluding hydrogens is 355 g/mol. The average Bonchev–Trinajstić information content (AvgIpc) is 2.58. The molecule has 0 saturated carbocycles. The molecule has 0 saturated heterocycles. The number of halogens is 3. The van der Waals surface area contributed by atoms with Crippen molar-refractivity contribution >= 4 is 11.1 Å². The number of ether oxygens (including phenoxy) is 1. The largest absolute Gasteiger partial charge is 0.458 e. The van der Waals surface area contributed by atoms with E-state index >= 15 is 0 Å². The van der Waals surface area contributed by atoms with Gasteiger partial charge in [-0.1, -0.05) is 13.0 Å². The third-order valence-electron chi connectivity index (χ3n) is 3.51. The van der Waals surface area contributed by atoms with E-state index in [4.69, 9.17) is 9.15 Å². The molecule has 0 fully saturated rings. The molecule has 0 unspecified atom stereocenters. The minimum atomic E-state index is -4.58.